The molecule has 8 heteroatoms. The smallest absolute Gasteiger partial charge is 0.307 e. The Balaban J connectivity index is 1.98. The van der Waals surface area contributed by atoms with Gasteiger partial charge in [0.05, 0.1) is 12.0 Å². The zero-order valence-electron chi connectivity index (χ0n) is 15.4. The molecule has 2 rings (SSSR count). The molecule has 0 bridgehead atoms. The second kappa shape index (κ2) is 10.3. The molecule has 1 amide bonds. The van der Waals surface area contributed by atoms with Crippen LogP contribution in [0.3, 0.4) is 0 Å². The molecule has 1 fully saturated rings. The van der Waals surface area contributed by atoms with Crippen LogP contribution in [-0.2, 0) is 14.3 Å². The van der Waals surface area contributed by atoms with Gasteiger partial charge in [0.1, 0.15) is 5.82 Å². The number of nitrogens with one attached hydrogen (secondary N) is 1. The van der Waals surface area contributed by atoms with Crippen molar-refractivity contribution in [2.24, 2.45) is 11.8 Å². The summed E-state index contributed by atoms with van der Waals surface area (Å²) in [6.07, 6.45) is 1.85. The molecular formula is C19H27FN2O5. The summed E-state index contributed by atoms with van der Waals surface area (Å²) in [7, 11) is 1.52. The zero-order valence-corrected chi connectivity index (χ0v) is 15.4. The SMILES string of the molecule is COC(CC(CCN1CCCC(C(=O)O)C1)C(=O)NO)c1ccc(F)cc1. The summed E-state index contributed by atoms with van der Waals surface area (Å²) < 4.78 is 18.6. The minimum absolute atomic E-state index is 0.324. The van der Waals surface area contributed by atoms with Crippen molar-refractivity contribution in [3.05, 3.63) is 35.6 Å². The number of hydrogen-bond donors (Lipinski definition) is 3. The average molecular weight is 382 g/mol. The Hall–Kier alpha value is -2.03. The lowest BCUT2D eigenvalue weighted by molar-refractivity contribution is -0.144. The highest BCUT2D eigenvalue weighted by Crippen LogP contribution is 2.27. The number of carbonyl (C=O) groups excluding carboxylic acids is 1. The maximum Gasteiger partial charge on any atom is 0.307 e. The van der Waals surface area contributed by atoms with Crippen LogP contribution in [0.15, 0.2) is 24.3 Å². The quantitative estimate of drug-likeness (QED) is 0.447. The molecule has 27 heavy (non-hydrogen) atoms. The van der Waals surface area contributed by atoms with Gasteiger partial charge in [0.15, 0.2) is 0 Å². The van der Waals surface area contributed by atoms with Crippen molar-refractivity contribution >= 4 is 11.9 Å². The van der Waals surface area contributed by atoms with Gasteiger partial charge in [0, 0.05) is 19.6 Å². The van der Waals surface area contributed by atoms with E-state index in [9.17, 15) is 19.1 Å². The van der Waals surface area contributed by atoms with Crippen LogP contribution in [0.1, 0.15) is 37.4 Å². The van der Waals surface area contributed by atoms with E-state index in [-0.39, 0.29) is 11.7 Å². The first kappa shape index (κ1) is 21.3. The Morgan fingerprint density at radius 3 is 2.67 bits per heavy atom. The predicted molar refractivity (Wildman–Crippen MR) is 95.6 cm³/mol. The third-order valence-corrected chi connectivity index (χ3v) is 5.15. The van der Waals surface area contributed by atoms with Gasteiger partial charge in [-0.05, 0) is 56.5 Å². The number of carbonyl (C=O) groups is 2. The molecular weight excluding hydrogens is 355 g/mol. The van der Waals surface area contributed by atoms with Crippen molar-refractivity contribution in [2.45, 2.75) is 31.8 Å². The van der Waals surface area contributed by atoms with Crippen LogP contribution in [0, 0.1) is 17.7 Å². The number of carboxylic acids is 1. The molecule has 3 unspecified atom stereocenters. The Morgan fingerprint density at radius 1 is 1.37 bits per heavy atom. The molecule has 0 aromatic heterocycles. The highest BCUT2D eigenvalue weighted by molar-refractivity contribution is 5.77. The van der Waals surface area contributed by atoms with Gasteiger partial charge in [-0.3, -0.25) is 14.8 Å². The number of nitrogens with zero attached hydrogens (tertiary/aromatic N) is 1. The van der Waals surface area contributed by atoms with Crippen molar-refractivity contribution in [1.82, 2.24) is 10.4 Å². The van der Waals surface area contributed by atoms with Gasteiger partial charge >= 0.3 is 5.97 Å². The van der Waals surface area contributed by atoms with Crippen molar-refractivity contribution in [1.29, 1.82) is 0 Å². The van der Waals surface area contributed by atoms with Crippen LogP contribution in [0.2, 0.25) is 0 Å². The number of amides is 1. The number of ether oxygens (including phenoxy) is 1. The first-order valence-electron chi connectivity index (χ1n) is 9.12. The summed E-state index contributed by atoms with van der Waals surface area (Å²) in [5.74, 6) is -2.55. The van der Waals surface area contributed by atoms with Gasteiger partial charge in [0.2, 0.25) is 5.91 Å². The van der Waals surface area contributed by atoms with E-state index in [1.807, 2.05) is 4.90 Å². The highest BCUT2D eigenvalue weighted by atomic mass is 19.1. The standard InChI is InChI=1S/C19H27FN2O5/c1-27-17(13-4-6-16(20)7-5-13)11-14(18(23)21-26)8-10-22-9-2-3-15(12-22)19(24)25/h4-7,14-15,17,26H,2-3,8-12H2,1H3,(H,21,23)(H,24,25). The molecule has 1 saturated heterocycles. The second-order valence-electron chi connectivity index (χ2n) is 6.95. The number of likely N-dealkylation sites (tertiary alicyclic amines) is 1. The number of piperidine rings is 1. The molecule has 1 aromatic rings. The second-order valence-corrected chi connectivity index (χ2v) is 6.95. The molecule has 150 valence electrons. The van der Waals surface area contributed by atoms with E-state index in [1.165, 1.54) is 19.2 Å². The number of carboxylic acid groups (broad SMARTS) is 1. The predicted octanol–water partition coefficient (Wildman–Crippen LogP) is 2.21. The van der Waals surface area contributed by atoms with Crippen LogP contribution < -0.4 is 5.48 Å². The fourth-order valence-corrected chi connectivity index (χ4v) is 3.55. The largest absolute Gasteiger partial charge is 0.481 e. The van der Waals surface area contributed by atoms with Gasteiger partial charge in [0.25, 0.3) is 0 Å². The molecule has 7 nitrogen and oxygen atoms in total. The fraction of sp³-hybridized carbons (Fsp3) is 0.579. The normalized spacial score (nSPS) is 20.0. The summed E-state index contributed by atoms with van der Waals surface area (Å²) in [5.41, 5.74) is 2.45. The Morgan fingerprint density at radius 2 is 2.07 bits per heavy atom. The van der Waals surface area contributed by atoms with Crippen LogP contribution in [-0.4, -0.2) is 53.8 Å². The van der Waals surface area contributed by atoms with E-state index in [1.54, 1.807) is 17.6 Å². The van der Waals surface area contributed by atoms with Crippen LogP contribution in [0.5, 0.6) is 0 Å². The lowest BCUT2D eigenvalue weighted by atomic mass is 9.92. The lowest BCUT2D eigenvalue weighted by Gasteiger charge is -2.31. The summed E-state index contributed by atoms with van der Waals surface area (Å²) in [5, 5.41) is 18.3. The molecule has 1 aromatic carbocycles. The van der Waals surface area contributed by atoms with Gasteiger partial charge in [-0.15, -0.1) is 0 Å². The summed E-state index contributed by atoms with van der Waals surface area (Å²) in [4.78, 5) is 25.3. The number of benzene rings is 1. The van der Waals surface area contributed by atoms with E-state index in [4.69, 9.17) is 9.94 Å². The van der Waals surface area contributed by atoms with Gasteiger partial charge in [-0.2, -0.15) is 0 Å². The van der Waals surface area contributed by atoms with E-state index in [2.05, 4.69) is 0 Å². The molecule has 0 radical (unpaired) electrons. The van der Waals surface area contributed by atoms with Crippen molar-refractivity contribution in [2.75, 3.05) is 26.7 Å². The highest BCUT2D eigenvalue weighted by Gasteiger charge is 2.28. The number of halogens is 1. The Bertz CT molecular complexity index is 625. The van der Waals surface area contributed by atoms with Crippen molar-refractivity contribution in [3.63, 3.8) is 0 Å². The molecule has 0 spiro atoms. The number of methoxy groups -OCH3 is 1. The van der Waals surface area contributed by atoms with E-state index < -0.39 is 23.9 Å². The van der Waals surface area contributed by atoms with E-state index in [0.29, 0.717) is 32.4 Å². The van der Waals surface area contributed by atoms with E-state index in [0.717, 1.165) is 18.5 Å². The third-order valence-electron chi connectivity index (χ3n) is 5.15. The van der Waals surface area contributed by atoms with Gasteiger partial charge in [-0.1, -0.05) is 12.1 Å². The molecule has 0 aliphatic carbocycles. The molecule has 3 N–H and O–H groups in total. The van der Waals surface area contributed by atoms with Crippen LogP contribution in [0.25, 0.3) is 0 Å². The van der Waals surface area contributed by atoms with Crippen LogP contribution in [0.4, 0.5) is 4.39 Å². The molecule has 1 aliphatic heterocycles. The zero-order chi connectivity index (χ0) is 19.8. The lowest BCUT2D eigenvalue weighted by Crippen LogP contribution is -2.40. The van der Waals surface area contributed by atoms with Gasteiger partial charge < -0.3 is 14.7 Å². The Labute approximate surface area is 158 Å². The maximum absolute atomic E-state index is 13.1. The number of hydroxylamine groups is 1. The number of rotatable bonds is 9. The molecule has 1 aliphatic rings. The maximum atomic E-state index is 13.1. The topological polar surface area (TPSA) is 99.1 Å². The summed E-state index contributed by atoms with van der Waals surface area (Å²) in [6.45, 7) is 1.82. The fourth-order valence-electron chi connectivity index (χ4n) is 3.55. The third kappa shape index (κ3) is 6.27. The van der Waals surface area contributed by atoms with Crippen molar-refractivity contribution < 1.29 is 29.0 Å². The Kier molecular flexibility index (Phi) is 8.15. The monoisotopic (exact) mass is 382 g/mol. The van der Waals surface area contributed by atoms with E-state index >= 15 is 0 Å². The minimum atomic E-state index is -0.792. The minimum Gasteiger partial charge on any atom is -0.481 e. The first-order valence-corrected chi connectivity index (χ1v) is 9.12. The average Bonchev–Trinajstić information content (AvgIpc) is 2.68. The summed E-state index contributed by atoms with van der Waals surface area (Å²) >= 11 is 0. The van der Waals surface area contributed by atoms with Gasteiger partial charge in [-0.25, -0.2) is 9.87 Å². The molecule has 1 heterocycles. The van der Waals surface area contributed by atoms with Crippen molar-refractivity contribution in [3.8, 4) is 0 Å². The number of hydrogen-bond acceptors (Lipinski definition) is 5. The molecule has 0 saturated carbocycles. The molecule has 3 atom stereocenters. The van der Waals surface area contributed by atoms with Crippen LogP contribution >= 0.6 is 0 Å². The summed E-state index contributed by atoms with van der Waals surface area (Å²) in [6, 6.07) is 5.89. The number of aliphatic carboxylic acids is 1. The first-order chi connectivity index (χ1) is 12.9.